The van der Waals surface area contributed by atoms with Crippen molar-refractivity contribution in [1.82, 2.24) is 9.78 Å². The van der Waals surface area contributed by atoms with E-state index < -0.39 is 11.9 Å². The predicted molar refractivity (Wildman–Crippen MR) is 66.6 cm³/mol. The van der Waals surface area contributed by atoms with Gasteiger partial charge in [-0.05, 0) is 30.7 Å². The largest absolute Gasteiger partial charge is 0.481 e. The van der Waals surface area contributed by atoms with Crippen LogP contribution in [0.1, 0.15) is 21.7 Å². The monoisotopic (exact) mass is 260 g/mol. The van der Waals surface area contributed by atoms with Crippen LogP contribution in [0.3, 0.4) is 0 Å². The van der Waals surface area contributed by atoms with Gasteiger partial charge in [0.25, 0.3) is 0 Å². The lowest BCUT2D eigenvalue weighted by Crippen LogP contribution is -2.03. The third-order valence-corrected chi connectivity index (χ3v) is 2.64. The summed E-state index contributed by atoms with van der Waals surface area (Å²) in [6.45, 7) is 1.75. The lowest BCUT2D eigenvalue weighted by molar-refractivity contribution is -0.136. The Bertz CT molecular complexity index is 629. The molecule has 0 saturated heterocycles. The van der Waals surface area contributed by atoms with Crippen molar-refractivity contribution in [3.63, 3.8) is 0 Å². The number of hydrogen-bond donors (Lipinski definition) is 2. The fraction of sp³-hybridized carbons (Fsp3) is 0.154. The van der Waals surface area contributed by atoms with E-state index >= 15 is 0 Å². The Morgan fingerprint density at radius 2 is 1.84 bits per heavy atom. The molecule has 2 N–H and O–H groups in total. The van der Waals surface area contributed by atoms with Crippen molar-refractivity contribution in [2.75, 3.05) is 0 Å². The summed E-state index contributed by atoms with van der Waals surface area (Å²) in [5.74, 6) is -1.97. The van der Waals surface area contributed by atoms with E-state index in [4.69, 9.17) is 10.2 Å². The molecule has 0 aliphatic carbocycles. The maximum absolute atomic E-state index is 10.8. The third kappa shape index (κ3) is 2.79. The van der Waals surface area contributed by atoms with Gasteiger partial charge >= 0.3 is 11.9 Å². The summed E-state index contributed by atoms with van der Waals surface area (Å²) in [4.78, 5) is 21.4. The highest BCUT2D eigenvalue weighted by Gasteiger charge is 2.11. The second kappa shape index (κ2) is 4.93. The Labute approximate surface area is 108 Å². The molecule has 0 aliphatic heterocycles. The number of hydrogen-bond acceptors (Lipinski definition) is 3. The van der Waals surface area contributed by atoms with Gasteiger partial charge in [0.1, 0.15) is 0 Å². The second-order valence-electron chi connectivity index (χ2n) is 4.12. The summed E-state index contributed by atoms with van der Waals surface area (Å²) < 4.78 is 1.51. The Morgan fingerprint density at radius 3 is 2.32 bits per heavy atom. The molecule has 19 heavy (non-hydrogen) atoms. The minimum absolute atomic E-state index is 0.0212. The van der Waals surface area contributed by atoms with E-state index in [9.17, 15) is 9.59 Å². The van der Waals surface area contributed by atoms with Crippen molar-refractivity contribution in [1.29, 1.82) is 0 Å². The maximum atomic E-state index is 10.8. The van der Waals surface area contributed by atoms with Crippen molar-refractivity contribution >= 4 is 11.9 Å². The van der Waals surface area contributed by atoms with Crippen LogP contribution in [0.25, 0.3) is 5.69 Å². The van der Waals surface area contributed by atoms with Gasteiger partial charge in [0.15, 0.2) is 5.69 Å². The summed E-state index contributed by atoms with van der Waals surface area (Å²) in [7, 11) is 0. The van der Waals surface area contributed by atoms with Gasteiger partial charge in [-0.1, -0.05) is 12.1 Å². The third-order valence-electron chi connectivity index (χ3n) is 2.64. The molecular formula is C13H12N2O4. The number of nitrogens with zero attached hydrogens (tertiary/aromatic N) is 2. The van der Waals surface area contributed by atoms with Crippen LogP contribution < -0.4 is 0 Å². The van der Waals surface area contributed by atoms with Gasteiger partial charge in [0.05, 0.1) is 12.1 Å². The highest BCUT2D eigenvalue weighted by atomic mass is 16.4. The van der Waals surface area contributed by atoms with Crippen molar-refractivity contribution in [2.24, 2.45) is 0 Å². The van der Waals surface area contributed by atoms with Gasteiger partial charge in [-0.15, -0.1) is 0 Å². The van der Waals surface area contributed by atoms with E-state index in [1.807, 2.05) is 0 Å². The molecule has 6 nitrogen and oxygen atoms in total. The zero-order chi connectivity index (χ0) is 14.0. The number of aliphatic carboxylic acids is 1. The molecule has 98 valence electrons. The van der Waals surface area contributed by atoms with Crippen LogP contribution in [0.4, 0.5) is 0 Å². The topological polar surface area (TPSA) is 92.4 Å². The molecule has 0 spiro atoms. The van der Waals surface area contributed by atoms with E-state index in [1.165, 1.54) is 10.7 Å². The van der Waals surface area contributed by atoms with E-state index in [-0.39, 0.29) is 12.1 Å². The summed E-state index contributed by atoms with van der Waals surface area (Å²) in [6, 6.07) is 8.28. The number of aromatic nitrogens is 2. The van der Waals surface area contributed by atoms with Crippen molar-refractivity contribution < 1.29 is 19.8 Å². The normalized spacial score (nSPS) is 10.4. The Balaban J connectivity index is 2.31. The van der Waals surface area contributed by atoms with Crippen molar-refractivity contribution in [3.05, 3.63) is 47.3 Å². The van der Waals surface area contributed by atoms with E-state index in [0.29, 0.717) is 16.9 Å². The highest BCUT2D eigenvalue weighted by molar-refractivity contribution is 5.85. The first-order valence-corrected chi connectivity index (χ1v) is 5.58. The second-order valence-corrected chi connectivity index (χ2v) is 4.12. The quantitative estimate of drug-likeness (QED) is 0.869. The molecule has 0 saturated carbocycles. The minimum atomic E-state index is -1.08. The van der Waals surface area contributed by atoms with Gasteiger partial charge in [0, 0.05) is 5.69 Å². The Morgan fingerprint density at radius 1 is 1.21 bits per heavy atom. The van der Waals surface area contributed by atoms with E-state index in [1.54, 1.807) is 31.2 Å². The van der Waals surface area contributed by atoms with Gasteiger partial charge in [0.2, 0.25) is 0 Å². The molecule has 2 aromatic rings. The average molecular weight is 260 g/mol. The van der Waals surface area contributed by atoms with Crippen LogP contribution in [0, 0.1) is 6.92 Å². The van der Waals surface area contributed by atoms with Crippen molar-refractivity contribution in [3.8, 4) is 5.69 Å². The molecule has 0 fully saturated rings. The smallest absolute Gasteiger partial charge is 0.356 e. The van der Waals surface area contributed by atoms with E-state index in [0.717, 1.165) is 0 Å². The molecule has 0 radical (unpaired) electrons. The number of carboxylic acids is 2. The van der Waals surface area contributed by atoms with Gasteiger partial charge in [-0.2, -0.15) is 5.10 Å². The van der Waals surface area contributed by atoms with E-state index in [2.05, 4.69) is 5.10 Å². The molecular weight excluding hydrogens is 248 g/mol. The first-order chi connectivity index (χ1) is 8.97. The number of aryl methyl sites for hydroxylation is 1. The van der Waals surface area contributed by atoms with Gasteiger partial charge in [-0.25, -0.2) is 9.48 Å². The van der Waals surface area contributed by atoms with Crippen LogP contribution in [0.2, 0.25) is 0 Å². The molecule has 0 bridgehead atoms. The van der Waals surface area contributed by atoms with Crippen LogP contribution in [0.15, 0.2) is 30.3 Å². The number of carbonyl (C=O) groups is 2. The molecule has 1 heterocycles. The number of benzene rings is 1. The Hall–Kier alpha value is -2.63. The summed E-state index contributed by atoms with van der Waals surface area (Å²) >= 11 is 0. The van der Waals surface area contributed by atoms with Crippen LogP contribution >= 0.6 is 0 Å². The predicted octanol–water partition coefficient (Wildman–Crippen LogP) is 1.51. The minimum Gasteiger partial charge on any atom is -0.481 e. The lowest BCUT2D eigenvalue weighted by atomic mass is 10.1. The van der Waals surface area contributed by atoms with Gasteiger partial charge in [-0.3, -0.25) is 4.79 Å². The molecule has 6 heteroatoms. The SMILES string of the molecule is Cc1cc(C(=O)O)nn1-c1ccc(CC(=O)O)cc1. The van der Waals surface area contributed by atoms with Crippen molar-refractivity contribution in [2.45, 2.75) is 13.3 Å². The summed E-state index contributed by atoms with van der Waals surface area (Å²) in [6.07, 6.45) is -0.0429. The van der Waals surface area contributed by atoms with Crippen LogP contribution in [0.5, 0.6) is 0 Å². The number of carboxylic acid groups (broad SMARTS) is 2. The highest BCUT2D eigenvalue weighted by Crippen LogP contribution is 2.13. The zero-order valence-corrected chi connectivity index (χ0v) is 10.2. The molecule has 0 aliphatic rings. The number of rotatable bonds is 4. The first kappa shape index (κ1) is 12.8. The fourth-order valence-electron chi connectivity index (χ4n) is 1.77. The maximum Gasteiger partial charge on any atom is 0.356 e. The lowest BCUT2D eigenvalue weighted by Gasteiger charge is -2.05. The summed E-state index contributed by atoms with van der Waals surface area (Å²) in [5, 5.41) is 21.5. The molecule has 1 aromatic carbocycles. The zero-order valence-electron chi connectivity index (χ0n) is 10.2. The molecule has 2 rings (SSSR count). The average Bonchev–Trinajstić information content (AvgIpc) is 2.72. The molecule has 0 amide bonds. The molecule has 1 aromatic heterocycles. The first-order valence-electron chi connectivity index (χ1n) is 5.58. The number of aromatic carboxylic acids is 1. The Kier molecular flexibility index (Phi) is 3.33. The van der Waals surface area contributed by atoms with Crippen LogP contribution in [-0.2, 0) is 11.2 Å². The summed E-state index contributed by atoms with van der Waals surface area (Å²) in [5.41, 5.74) is 2.05. The van der Waals surface area contributed by atoms with Crippen LogP contribution in [-0.4, -0.2) is 31.9 Å². The van der Waals surface area contributed by atoms with Gasteiger partial charge < -0.3 is 10.2 Å². The fourth-order valence-corrected chi connectivity index (χ4v) is 1.77. The standard InChI is InChI=1S/C13H12N2O4/c1-8-6-11(13(18)19)14-15(8)10-4-2-9(3-5-10)7-12(16)17/h2-6H,7H2,1H3,(H,16,17)(H,18,19). The molecule has 0 unspecified atom stereocenters. The molecule has 0 atom stereocenters.